The van der Waals surface area contributed by atoms with Gasteiger partial charge in [-0.1, -0.05) is 18.2 Å². The van der Waals surface area contributed by atoms with Crippen molar-refractivity contribution in [2.45, 2.75) is 16.7 Å². The number of halogens is 3. The van der Waals surface area contributed by atoms with Gasteiger partial charge < -0.3 is 10.1 Å². The van der Waals surface area contributed by atoms with E-state index in [1.807, 2.05) is 0 Å². The number of carbonyl (C=O) groups excluding carboxylic acids is 1. The van der Waals surface area contributed by atoms with Gasteiger partial charge in [-0.05, 0) is 24.3 Å². The van der Waals surface area contributed by atoms with Gasteiger partial charge in [-0.3, -0.25) is 4.98 Å². The van der Waals surface area contributed by atoms with Gasteiger partial charge >= 0.3 is 17.9 Å². The van der Waals surface area contributed by atoms with Crippen LogP contribution in [0.5, 0.6) is 5.75 Å². The van der Waals surface area contributed by atoms with E-state index < -0.39 is 38.4 Å². The molecule has 0 saturated heterocycles. The van der Waals surface area contributed by atoms with Crippen LogP contribution in [0.4, 0.5) is 23.7 Å². The van der Waals surface area contributed by atoms with Crippen LogP contribution < -0.4 is 14.8 Å². The summed E-state index contributed by atoms with van der Waals surface area (Å²) in [6.07, 6.45) is -3.33. The lowest BCUT2D eigenvalue weighted by atomic mass is 10.0. The second-order valence-corrected chi connectivity index (χ2v) is 8.39. The van der Waals surface area contributed by atoms with E-state index in [1.54, 1.807) is 22.9 Å². The van der Waals surface area contributed by atoms with Crippen LogP contribution in [0.2, 0.25) is 0 Å². The predicted octanol–water partition coefficient (Wildman–Crippen LogP) is 3.93. The molecule has 2 heterocycles. The van der Waals surface area contributed by atoms with Crippen LogP contribution in [0.1, 0.15) is 5.56 Å². The quantitative estimate of drug-likeness (QED) is 0.591. The summed E-state index contributed by atoms with van der Waals surface area (Å²) >= 11 is 0. The monoisotopic (exact) mass is 465 g/mol. The van der Waals surface area contributed by atoms with Crippen molar-refractivity contribution in [1.29, 1.82) is 0 Å². The van der Waals surface area contributed by atoms with Gasteiger partial charge in [0.25, 0.3) is 10.0 Å². The van der Waals surface area contributed by atoms with Gasteiger partial charge in [-0.15, -0.1) is 10.2 Å². The summed E-state index contributed by atoms with van der Waals surface area (Å²) in [6, 6.07) is 9.37. The molecule has 2 N–H and O–H groups in total. The highest BCUT2D eigenvalue weighted by Crippen LogP contribution is 2.52. The second kappa shape index (κ2) is 7.44. The highest BCUT2D eigenvalue weighted by Gasteiger charge is 2.65. The van der Waals surface area contributed by atoms with Crippen LogP contribution in [-0.4, -0.2) is 32.7 Å². The zero-order valence-corrected chi connectivity index (χ0v) is 17.0. The highest BCUT2D eigenvalue weighted by molar-refractivity contribution is 7.90. The van der Waals surface area contributed by atoms with E-state index in [0.29, 0.717) is 16.7 Å². The van der Waals surface area contributed by atoms with E-state index in [1.165, 1.54) is 19.4 Å². The fourth-order valence-corrected chi connectivity index (χ4v) is 3.98. The van der Waals surface area contributed by atoms with Gasteiger partial charge in [-0.25, -0.2) is 17.9 Å². The Balaban J connectivity index is 1.58. The SMILES string of the molecule is COc1cc(NC(=O)NS(=O)(=O)c2cccc(C3(C(F)(F)F)N=N3)c2)c2ncccc2c1. The van der Waals surface area contributed by atoms with Gasteiger partial charge in [-0.2, -0.15) is 13.2 Å². The lowest BCUT2D eigenvalue weighted by molar-refractivity contribution is -0.166. The van der Waals surface area contributed by atoms with Gasteiger partial charge in [0.2, 0.25) is 0 Å². The third-order valence-electron chi connectivity index (χ3n) is 4.63. The number of hydrogen-bond donors (Lipinski definition) is 2. The first-order valence-electron chi connectivity index (χ1n) is 8.94. The first-order valence-corrected chi connectivity index (χ1v) is 10.4. The molecule has 0 atom stereocenters. The topological polar surface area (TPSA) is 122 Å². The van der Waals surface area contributed by atoms with Crippen LogP contribution in [0.25, 0.3) is 10.9 Å². The number of pyridine rings is 1. The average Bonchev–Trinajstić information content (AvgIpc) is 3.55. The van der Waals surface area contributed by atoms with Gasteiger partial charge in [0.1, 0.15) is 5.75 Å². The van der Waals surface area contributed by atoms with E-state index in [4.69, 9.17) is 4.74 Å². The molecule has 0 unspecified atom stereocenters. The average molecular weight is 465 g/mol. The first-order chi connectivity index (χ1) is 15.1. The maximum absolute atomic E-state index is 13.2. The number of amides is 2. The lowest BCUT2D eigenvalue weighted by Crippen LogP contribution is -2.35. The summed E-state index contributed by atoms with van der Waals surface area (Å²) in [4.78, 5) is 16.0. The van der Waals surface area contributed by atoms with E-state index in [-0.39, 0.29) is 5.69 Å². The molecule has 13 heteroatoms. The van der Waals surface area contributed by atoms with Crippen molar-refractivity contribution in [3.63, 3.8) is 0 Å². The molecule has 0 aliphatic carbocycles. The van der Waals surface area contributed by atoms with Crippen LogP contribution in [0.3, 0.4) is 0 Å². The molecule has 32 heavy (non-hydrogen) atoms. The number of carbonyl (C=O) groups is 1. The normalized spacial score (nSPS) is 14.8. The summed E-state index contributed by atoms with van der Waals surface area (Å²) in [5.74, 6) is 0.394. The molecular formula is C19H14F3N5O4S. The van der Waals surface area contributed by atoms with Crippen LogP contribution in [0, 0.1) is 0 Å². The molecule has 0 fully saturated rings. The summed E-state index contributed by atoms with van der Waals surface area (Å²) in [6.45, 7) is 0. The Bertz CT molecular complexity index is 1350. The van der Waals surface area contributed by atoms with Crippen molar-refractivity contribution < 1.29 is 31.1 Å². The third kappa shape index (κ3) is 3.82. The van der Waals surface area contributed by atoms with E-state index in [9.17, 15) is 26.4 Å². The van der Waals surface area contributed by atoms with Crippen LogP contribution >= 0.6 is 0 Å². The van der Waals surface area contributed by atoms with Crippen LogP contribution in [-0.2, 0) is 15.7 Å². The maximum atomic E-state index is 13.2. The Morgan fingerprint density at radius 3 is 2.50 bits per heavy atom. The molecule has 0 saturated carbocycles. The summed E-state index contributed by atoms with van der Waals surface area (Å²) < 4.78 is 71.8. The molecule has 4 rings (SSSR count). The van der Waals surface area contributed by atoms with Crippen LogP contribution in [0.15, 0.2) is 69.9 Å². The largest absolute Gasteiger partial charge is 0.497 e. The number of urea groups is 1. The fraction of sp³-hybridized carbons (Fsp3) is 0.158. The Kier molecular flexibility index (Phi) is 5.00. The zero-order valence-electron chi connectivity index (χ0n) is 16.2. The standard InChI is InChI=1S/C19H14F3N5O4S/c1-31-13-8-11-4-3-7-23-16(11)15(10-13)24-17(28)25-32(29,30)14-6-2-5-12(9-14)18(26-27-18)19(20,21)22/h2-10H,1H3,(H2,24,25,28). The van der Waals surface area contributed by atoms with E-state index in [2.05, 4.69) is 20.5 Å². The van der Waals surface area contributed by atoms with Crippen molar-refractivity contribution in [3.05, 3.63) is 60.3 Å². The zero-order chi connectivity index (χ0) is 23.1. The lowest BCUT2D eigenvalue weighted by Gasteiger charge is -2.16. The van der Waals surface area contributed by atoms with E-state index in [0.717, 1.165) is 24.3 Å². The second-order valence-electron chi connectivity index (χ2n) is 6.71. The number of sulfonamides is 1. The number of rotatable bonds is 5. The van der Waals surface area contributed by atoms with Crippen molar-refractivity contribution in [2.75, 3.05) is 12.4 Å². The van der Waals surface area contributed by atoms with Gasteiger partial charge in [0, 0.05) is 23.2 Å². The number of hydrogen-bond acceptors (Lipinski definition) is 7. The molecule has 3 aromatic rings. The fourth-order valence-electron chi connectivity index (χ4n) is 3.03. The number of nitrogens with zero attached hydrogens (tertiary/aromatic N) is 3. The summed E-state index contributed by atoms with van der Waals surface area (Å²) in [5.41, 5.74) is -2.71. The molecule has 2 aromatic carbocycles. The summed E-state index contributed by atoms with van der Waals surface area (Å²) in [5, 5.41) is 9.10. The molecule has 1 aliphatic rings. The Morgan fingerprint density at radius 1 is 1.09 bits per heavy atom. The first kappa shape index (κ1) is 21.5. The number of anilines is 1. The van der Waals surface area contributed by atoms with E-state index >= 15 is 0 Å². The number of nitrogens with one attached hydrogen (secondary N) is 2. The van der Waals surface area contributed by atoms with Crippen molar-refractivity contribution in [2.24, 2.45) is 10.2 Å². The number of ether oxygens (including phenoxy) is 1. The molecular weight excluding hydrogens is 451 g/mol. The van der Waals surface area contributed by atoms with Gasteiger partial charge in [0.05, 0.1) is 23.2 Å². The Morgan fingerprint density at radius 2 is 1.84 bits per heavy atom. The molecule has 0 radical (unpaired) electrons. The Hall–Kier alpha value is -3.74. The van der Waals surface area contributed by atoms with Crippen molar-refractivity contribution >= 4 is 32.6 Å². The molecule has 0 bridgehead atoms. The number of aromatic nitrogens is 1. The van der Waals surface area contributed by atoms with Crippen molar-refractivity contribution in [3.8, 4) is 5.75 Å². The molecule has 9 nitrogen and oxygen atoms in total. The third-order valence-corrected chi connectivity index (χ3v) is 5.96. The number of fused-ring (bicyclic) bond motifs is 1. The minimum atomic E-state index is -4.82. The minimum Gasteiger partial charge on any atom is -0.497 e. The number of benzene rings is 2. The minimum absolute atomic E-state index is 0.174. The predicted molar refractivity (Wildman–Crippen MR) is 107 cm³/mol. The molecule has 0 spiro atoms. The molecule has 2 amide bonds. The molecule has 166 valence electrons. The number of alkyl halides is 3. The smallest absolute Gasteiger partial charge is 0.442 e. The number of methoxy groups -OCH3 is 1. The van der Waals surface area contributed by atoms with Gasteiger partial charge in [0.15, 0.2) is 0 Å². The highest BCUT2D eigenvalue weighted by atomic mass is 32.2. The Labute approximate surface area is 179 Å². The molecule has 1 aromatic heterocycles. The van der Waals surface area contributed by atoms with Crippen molar-refractivity contribution in [1.82, 2.24) is 9.71 Å². The maximum Gasteiger partial charge on any atom is 0.442 e. The summed E-state index contributed by atoms with van der Waals surface area (Å²) in [7, 11) is -3.09. The molecule has 1 aliphatic heterocycles.